The maximum Gasteiger partial charge on any atom is 0.337 e. The summed E-state index contributed by atoms with van der Waals surface area (Å²) in [6.07, 6.45) is 7.86. The van der Waals surface area contributed by atoms with E-state index in [9.17, 15) is 4.79 Å². The molecule has 6 nitrogen and oxygen atoms in total. The van der Waals surface area contributed by atoms with Crippen molar-refractivity contribution in [1.29, 1.82) is 0 Å². The largest absolute Gasteiger partial charge is 0.478 e. The number of carbonyl (C=O) groups is 1. The summed E-state index contributed by atoms with van der Waals surface area (Å²) in [5, 5.41) is 12.0. The van der Waals surface area contributed by atoms with Crippen molar-refractivity contribution in [3.05, 3.63) is 17.8 Å². The molecular formula is C14H21N3O3. The van der Waals surface area contributed by atoms with E-state index in [-0.39, 0.29) is 11.3 Å². The number of rotatable bonds is 6. The number of nitrogen functional groups attached to an aromatic ring is 1. The fourth-order valence-corrected chi connectivity index (χ4v) is 2.43. The molecule has 4 N–H and O–H groups in total. The second-order valence-corrected chi connectivity index (χ2v) is 4.98. The van der Waals surface area contributed by atoms with Crippen molar-refractivity contribution >= 4 is 17.5 Å². The van der Waals surface area contributed by atoms with Crippen LogP contribution in [0.4, 0.5) is 11.5 Å². The van der Waals surface area contributed by atoms with Gasteiger partial charge in [0.25, 0.3) is 0 Å². The normalized spacial score (nSPS) is 16.0. The quantitative estimate of drug-likeness (QED) is 0.690. The van der Waals surface area contributed by atoms with Gasteiger partial charge in [-0.3, -0.25) is 0 Å². The molecule has 110 valence electrons. The number of hydrogen-bond donors (Lipinski definition) is 3. The predicted octanol–water partition coefficient (Wildman–Crippen LogP) is 2.12. The maximum atomic E-state index is 11.0. The van der Waals surface area contributed by atoms with Gasteiger partial charge in [-0.25, -0.2) is 9.78 Å². The lowest BCUT2D eigenvalue weighted by atomic mass is 9.98. The van der Waals surface area contributed by atoms with Crippen LogP contribution >= 0.6 is 0 Å². The van der Waals surface area contributed by atoms with Crippen LogP contribution in [0.2, 0.25) is 0 Å². The Morgan fingerprint density at radius 3 is 2.90 bits per heavy atom. The van der Waals surface area contributed by atoms with Crippen molar-refractivity contribution in [3.63, 3.8) is 0 Å². The Kier molecular flexibility index (Phi) is 5.17. The molecule has 1 fully saturated rings. The minimum absolute atomic E-state index is 0.0655. The highest BCUT2D eigenvalue weighted by Gasteiger charge is 2.14. The number of carboxylic acids is 1. The van der Waals surface area contributed by atoms with E-state index in [1.807, 2.05) is 0 Å². The summed E-state index contributed by atoms with van der Waals surface area (Å²) < 4.78 is 5.77. The molecule has 0 aromatic carbocycles. The van der Waals surface area contributed by atoms with Crippen LogP contribution in [0, 0.1) is 0 Å². The molecule has 20 heavy (non-hydrogen) atoms. The lowest BCUT2D eigenvalue weighted by Crippen LogP contribution is -2.21. The zero-order chi connectivity index (χ0) is 14.4. The highest BCUT2D eigenvalue weighted by atomic mass is 16.5. The van der Waals surface area contributed by atoms with Crippen LogP contribution < -0.4 is 11.1 Å². The van der Waals surface area contributed by atoms with Crippen LogP contribution in [-0.4, -0.2) is 35.3 Å². The minimum Gasteiger partial charge on any atom is -0.478 e. The Labute approximate surface area is 118 Å². The molecule has 0 bridgehead atoms. The average Bonchev–Trinajstić information content (AvgIpc) is 2.46. The molecule has 0 saturated heterocycles. The Bertz CT molecular complexity index is 459. The number of anilines is 2. The molecule has 1 aliphatic rings. The van der Waals surface area contributed by atoms with Gasteiger partial charge < -0.3 is 20.9 Å². The molecular weight excluding hydrogens is 258 g/mol. The number of nitrogens with two attached hydrogens (primary N) is 1. The second kappa shape index (κ2) is 7.09. The van der Waals surface area contributed by atoms with Crippen LogP contribution in [-0.2, 0) is 4.74 Å². The van der Waals surface area contributed by atoms with Gasteiger partial charge in [-0.1, -0.05) is 19.3 Å². The molecule has 2 rings (SSSR count). The molecule has 1 heterocycles. The van der Waals surface area contributed by atoms with Gasteiger partial charge in [0, 0.05) is 12.7 Å². The van der Waals surface area contributed by atoms with Gasteiger partial charge in [0.15, 0.2) is 0 Å². The van der Waals surface area contributed by atoms with Crippen LogP contribution in [0.5, 0.6) is 0 Å². The highest BCUT2D eigenvalue weighted by Crippen LogP contribution is 2.21. The zero-order valence-electron chi connectivity index (χ0n) is 11.5. The predicted molar refractivity (Wildman–Crippen MR) is 76.9 cm³/mol. The van der Waals surface area contributed by atoms with Gasteiger partial charge in [-0.05, 0) is 18.9 Å². The van der Waals surface area contributed by atoms with E-state index in [2.05, 4.69) is 10.3 Å². The van der Waals surface area contributed by atoms with E-state index in [1.54, 1.807) is 0 Å². The molecule has 0 atom stereocenters. The van der Waals surface area contributed by atoms with Gasteiger partial charge >= 0.3 is 5.97 Å². The molecule has 0 amide bonds. The summed E-state index contributed by atoms with van der Waals surface area (Å²) >= 11 is 0. The van der Waals surface area contributed by atoms with E-state index in [0.717, 1.165) is 12.8 Å². The summed E-state index contributed by atoms with van der Waals surface area (Å²) in [7, 11) is 0. The molecule has 0 aliphatic heterocycles. The molecule has 0 unspecified atom stereocenters. The first-order chi connectivity index (χ1) is 9.68. The van der Waals surface area contributed by atoms with Gasteiger partial charge in [0.2, 0.25) is 0 Å². The van der Waals surface area contributed by atoms with Gasteiger partial charge in [-0.15, -0.1) is 0 Å². The summed E-state index contributed by atoms with van der Waals surface area (Å²) in [6.45, 7) is 1.14. The van der Waals surface area contributed by atoms with E-state index < -0.39 is 5.97 Å². The van der Waals surface area contributed by atoms with Crippen LogP contribution in [0.3, 0.4) is 0 Å². The highest BCUT2D eigenvalue weighted by molar-refractivity contribution is 5.96. The first-order valence-electron chi connectivity index (χ1n) is 7.01. The van der Waals surface area contributed by atoms with Crippen LogP contribution in [0.15, 0.2) is 12.3 Å². The zero-order valence-corrected chi connectivity index (χ0v) is 11.5. The SMILES string of the molecule is Nc1c(C(=O)O)ccnc1NCCOC1CCCCC1. The molecule has 1 aliphatic carbocycles. The second-order valence-electron chi connectivity index (χ2n) is 4.98. The number of ether oxygens (including phenoxy) is 1. The first-order valence-corrected chi connectivity index (χ1v) is 7.01. The summed E-state index contributed by atoms with van der Waals surface area (Å²) in [5.74, 6) is -0.649. The standard InChI is InChI=1S/C14H21N3O3/c15-12-11(14(18)19)6-7-16-13(12)17-8-9-20-10-4-2-1-3-5-10/h6-7,10H,1-5,8-9,15H2,(H,16,17)(H,18,19). The molecule has 0 spiro atoms. The number of aromatic nitrogens is 1. The smallest absolute Gasteiger partial charge is 0.337 e. The summed E-state index contributed by atoms with van der Waals surface area (Å²) in [5.41, 5.74) is 5.99. The lowest BCUT2D eigenvalue weighted by molar-refractivity contribution is 0.0347. The van der Waals surface area contributed by atoms with Crippen molar-refractivity contribution in [1.82, 2.24) is 4.98 Å². The van der Waals surface area contributed by atoms with Crippen molar-refractivity contribution in [3.8, 4) is 0 Å². The lowest BCUT2D eigenvalue weighted by Gasteiger charge is -2.22. The van der Waals surface area contributed by atoms with Crippen molar-refractivity contribution in [2.45, 2.75) is 38.2 Å². The summed E-state index contributed by atoms with van der Waals surface area (Å²) in [6, 6.07) is 1.39. The summed E-state index contributed by atoms with van der Waals surface area (Å²) in [4.78, 5) is 15.0. The van der Waals surface area contributed by atoms with Crippen LogP contribution in [0.1, 0.15) is 42.5 Å². The van der Waals surface area contributed by atoms with Gasteiger partial charge in [0.1, 0.15) is 5.82 Å². The molecule has 1 aromatic heterocycles. The topological polar surface area (TPSA) is 97.5 Å². The maximum absolute atomic E-state index is 11.0. The Morgan fingerprint density at radius 2 is 2.20 bits per heavy atom. The van der Waals surface area contributed by atoms with Crippen molar-refractivity contribution in [2.24, 2.45) is 0 Å². The number of nitrogens with one attached hydrogen (secondary N) is 1. The Balaban J connectivity index is 1.79. The number of aromatic carboxylic acids is 1. The van der Waals surface area contributed by atoms with E-state index in [1.165, 1.54) is 31.5 Å². The molecule has 6 heteroatoms. The Morgan fingerprint density at radius 1 is 1.45 bits per heavy atom. The monoisotopic (exact) mass is 279 g/mol. The van der Waals surface area contributed by atoms with Crippen molar-refractivity contribution < 1.29 is 14.6 Å². The number of carboxylic acid groups (broad SMARTS) is 1. The molecule has 0 radical (unpaired) electrons. The fraction of sp³-hybridized carbons (Fsp3) is 0.571. The van der Waals surface area contributed by atoms with Crippen molar-refractivity contribution in [2.75, 3.05) is 24.2 Å². The van der Waals surface area contributed by atoms with E-state index in [4.69, 9.17) is 15.6 Å². The van der Waals surface area contributed by atoms with E-state index >= 15 is 0 Å². The number of nitrogens with zero attached hydrogens (tertiary/aromatic N) is 1. The van der Waals surface area contributed by atoms with E-state index in [0.29, 0.717) is 25.1 Å². The number of pyridine rings is 1. The fourth-order valence-electron chi connectivity index (χ4n) is 2.43. The van der Waals surface area contributed by atoms with Gasteiger partial charge in [0.05, 0.1) is 24.0 Å². The minimum atomic E-state index is -1.05. The average molecular weight is 279 g/mol. The third-order valence-electron chi connectivity index (χ3n) is 3.52. The molecule has 1 saturated carbocycles. The third-order valence-corrected chi connectivity index (χ3v) is 3.52. The number of hydrogen-bond acceptors (Lipinski definition) is 5. The van der Waals surface area contributed by atoms with Gasteiger partial charge in [-0.2, -0.15) is 0 Å². The molecule has 1 aromatic rings. The van der Waals surface area contributed by atoms with Crippen LogP contribution in [0.25, 0.3) is 0 Å². The first kappa shape index (κ1) is 14.6. The third kappa shape index (κ3) is 3.84. The Hall–Kier alpha value is -1.82.